The number of ketones is 3. The van der Waals surface area contributed by atoms with Crippen LogP contribution in [0.1, 0.15) is 55.1 Å². The number of fused-ring (bicyclic) bond motifs is 8. The number of thiol groups is 1. The number of aryl methyl sites for hydroxylation is 2. The lowest BCUT2D eigenvalue weighted by Gasteiger charge is -2.24. The Morgan fingerprint density at radius 1 is 0.417 bits per heavy atom. The molecule has 13 aromatic rings. The van der Waals surface area contributed by atoms with Gasteiger partial charge in [-0.05, 0) is 98.5 Å². The van der Waals surface area contributed by atoms with E-state index in [1.807, 2.05) is 219 Å². The topological polar surface area (TPSA) is 365 Å². The number of Topliss-reactive ketones (excluding diaryl/α,β-unsaturated/α-hetero) is 3. The van der Waals surface area contributed by atoms with Crippen molar-refractivity contribution in [1.29, 1.82) is 0 Å². The average molecular weight is 2090 g/mol. The third-order valence-corrected chi connectivity index (χ3v) is 24.5. The number of alkyl halides is 2. The minimum atomic E-state index is -0.352. The number of thioether (sulfide) groups is 1. The van der Waals surface area contributed by atoms with Crippen LogP contribution in [0.4, 0.5) is 17.1 Å². The van der Waals surface area contributed by atoms with Gasteiger partial charge < -0.3 is 131 Å². The molecule has 132 heavy (non-hydrogen) atoms. The molecule has 0 amide bonds. The molecule has 5 aliphatic carbocycles. The second kappa shape index (κ2) is 45.9. The fraction of sp³-hybridized carbons (Fsp3) is 0.245. The van der Waals surface area contributed by atoms with Crippen molar-refractivity contribution < 1.29 is 149 Å². The molecule has 0 saturated heterocycles. The quantitative estimate of drug-likeness (QED) is 0.0128. The minimum Gasteiger partial charge on any atom is -1.00 e. The summed E-state index contributed by atoms with van der Waals surface area (Å²) in [6.07, 6.45) is 14.9. The Morgan fingerprint density at radius 3 is 1.14 bits per heavy atom. The first kappa shape index (κ1) is 98.2. The summed E-state index contributed by atoms with van der Waals surface area (Å²) >= 11 is 12.7. The van der Waals surface area contributed by atoms with Crippen molar-refractivity contribution in [2.75, 3.05) is 92.5 Å². The van der Waals surface area contributed by atoms with Gasteiger partial charge in [-0.2, -0.15) is 18.3 Å². The highest BCUT2D eigenvalue weighted by molar-refractivity contribution is 9.09. The largest absolute Gasteiger partial charge is 1.00 e. The van der Waals surface area contributed by atoms with Crippen LogP contribution in [0.25, 0.3) is 73.7 Å². The first-order chi connectivity index (χ1) is 63.4. The zero-order chi connectivity index (χ0) is 91.1. The van der Waals surface area contributed by atoms with E-state index in [9.17, 15) is 50.1 Å². The number of anilines is 3. The molecule has 8 aromatic carbocycles. The fourth-order valence-electron chi connectivity index (χ4n) is 14.9. The highest BCUT2D eigenvalue weighted by Crippen LogP contribution is 2.51. The van der Waals surface area contributed by atoms with Crippen molar-refractivity contribution in [3.05, 3.63) is 308 Å². The molecule has 5 aromatic heterocycles. The molecule has 3 aliphatic heterocycles. The van der Waals surface area contributed by atoms with Crippen molar-refractivity contribution >= 4 is 164 Å². The number of hydrogen-bond donors (Lipinski definition) is 10. The Bertz CT molecular complexity index is 6450. The van der Waals surface area contributed by atoms with Crippen LogP contribution in [-0.4, -0.2) is 156 Å². The van der Waals surface area contributed by atoms with Gasteiger partial charge in [-0.3, -0.25) is 14.4 Å². The molecule has 34 heteroatoms. The number of halogens is 4. The van der Waals surface area contributed by atoms with E-state index >= 15 is 0 Å². The number of oxazole rings is 5. The smallest absolute Gasteiger partial charge is 0.375 e. The van der Waals surface area contributed by atoms with E-state index in [4.69, 9.17) is 46.5 Å². The first-order valence-corrected chi connectivity index (χ1v) is 45.7. The van der Waals surface area contributed by atoms with Gasteiger partial charge in [0, 0.05) is 117 Å². The molecule has 28 nitrogen and oxygen atoms in total. The Balaban J connectivity index is 0.000000143. The van der Waals surface area contributed by atoms with Gasteiger partial charge in [-0.1, -0.05) is 129 Å². The molecule has 8 aliphatic rings. The van der Waals surface area contributed by atoms with E-state index < -0.39 is 0 Å². The van der Waals surface area contributed by atoms with Crippen LogP contribution in [0, 0.1) is 13.8 Å². The number of para-hydroxylation sites is 16. The number of aromatic nitrogens is 5. The van der Waals surface area contributed by atoms with Gasteiger partial charge in [-0.25, -0.2) is 4.98 Å². The predicted octanol–water partition coefficient (Wildman–Crippen LogP) is 7.46. The van der Waals surface area contributed by atoms with Crippen LogP contribution < -0.4 is 81.1 Å². The van der Waals surface area contributed by atoms with Gasteiger partial charge in [0.2, 0.25) is 45.8 Å². The van der Waals surface area contributed by atoms with Crippen molar-refractivity contribution in [2.45, 2.75) is 75.8 Å². The van der Waals surface area contributed by atoms with Crippen molar-refractivity contribution in [1.82, 2.24) is 4.98 Å². The second-order valence-corrected chi connectivity index (χ2v) is 34.0. The maximum absolute atomic E-state index is 13.4. The van der Waals surface area contributed by atoms with Gasteiger partial charge in [0.15, 0.2) is 66.5 Å². The van der Waals surface area contributed by atoms with Gasteiger partial charge in [0.1, 0.15) is 37.7 Å². The number of aliphatic hydroxyl groups is 9. The third-order valence-electron chi connectivity index (χ3n) is 21.3. The lowest BCUT2D eigenvalue weighted by atomic mass is 9.87. The van der Waals surface area contributed by atoms with Gasteiger partial charge >= 0.3 is 23.6 Å². The molecular formula is C98H96Br4N8O20S2+2. The van der Waals surface area contributed by atoms with Crippen LogP contribution in [-0.2, 0) is 40.6 Å². The van der Waals surface area contributed by atoms with Gasteiger partial charge in [0.05, 0.1) is 79.8 Å². The van der Waals surface area contributed by atoms with E-state index in [-0.39, 0.29) is 134 Å². The normalized spacial score (nSPS) is 16.8. The number of aliphatic hydroxyl groups excluding tert-OH is 9. The monoisotopic (exact) mass is 2080 g/mol. The number of nitrogens with zero attached hydrogens (tertiary/aromatic N) is 8. The van der Waals surface area contributed by atoms with Crippen LogP contribution in [0.5, 0.6) is 17.2 Å². The Labute approximate surface area is 806 Å². The molecule has 0 radical (unpaired) electrons. The highest BCUT2D eigenvalue weighted by Gasteiger charge is 2.42. The van der Waals surface area contributed by atoms with Crippen LogP contribution >= 0.6 is 56.3 Å². The summed E-state index contributed by atoms with van der Waals surface area (Å²) in [5.41, 5.74) is 13.0. The molecular weight excluding hydrogens is 1990 g/mol. The van der Waals surface area contributed by atoms with E-state index in [1.165, 1.54) is 25.0 Å². The second-order valence-electron chi connectivity index (χ2n) is 30.1. The maximum atomic E-state index is 13.4. The van der Waals surface area contributed by atoms with E-state index in [2.05, 4.69) is 49.5 Å². The number of carbonyl (C=O) groups is 3. The van der Waals surface area contributed by atoms with Gasteiger partial charge in [-0.15, -0.1) is 24.4 Å². The lowest BCUT2D eigenvalue weighted by molar-refractivity contribution is -0.684. The van der Waals surface area contributed by atoms with Crippen molar-refractivity contribution in [3.63, 3.8) is 0 Å². The first-order valence-electron chi connectivity index (χ1n) is 42.3. The molecule has 2 fully saturated rings. The summed E-state index contributed by atoms with van der Waals surface area (Å²) in [6, 6.07) is 60.5. The summed E-state index contributed by atoms with van der Waals surface area (Å²) in [5, 5.41) is 85.4. The number of β-amino-alcohol motifs (C(OH)–C–C–N with tert-alkyl or cyclic N) is 3. The summed E-state index contributed by atoms with van der Waals surface area (Å²) in [4.78, 5) is 51.1. The fourth-order valence-corrected chi connectivity index (χ4v) is 16.7. The third kappa shape index (κ3) is 22.1. The lowest BCUT2D eigenvalue weighted by Crippen LogP contribution is -3.00. The zero-order valence-electron chi connectivity index (χ0n) is 71.7. The standard InChI is InChI=1S/C27H25N2O5S.C24H20N2O6.C24H20N2O5S.C10H12NO2.C8H7NO.C3H5Br.C2H5BrO.2BrH/c30-13-11-28-20-5-1-3-7-22(20)33-24(28)15-18-26(32)19(27(18)35-17-9-10-17)16-25-29(12-14-31)21-6-2-4-8-23(21)34-25;27-11-9-25-17-5-1-3-7-19(17)31-21(25)13-15-23(29)16(24(15)30)14-22-26(10-12-28)18-6-2-4-8-20(18)32-22;27-11-9-25-17-5-1-3-7-19(17)30-21(25)13-15-23(29)16(24(15)32)14-22-26(10-12-28)18-6-2-4-8-20(18)31-22;1-8-11(6-7-12)9-4-2-3-5-10(9)13-8;1-6-9-7-4-2-3-5-8(7)10-6;4-3-1-2-3;3-1-2-4;;/h1-8,15-17,30-31H,9-14H2;2*1-8,13-14,27-28H,9-12H2;2-5,12H,6-7H2,1H3;2-5H,1H3;3H,1-2H2;4H,1-2H2;2*1H/q+1;;;+1;;;;;. The molecule has 21 rings (SSSR count). The molecule has 2 saturated carbocycles. The van der Waals surface area contributed by atoms with E-state index in [1.54, 1.807) is 57.7 Å². The SMILES string of the molecule is BrC1CC1.Cc1nc2ccccc2o1.Cc1oc2ccccc2[n+]1CCO.O=C1C(=Cc2oc3ccccc3[n+]2CCO)C(O)=C1C=C1Oc2ccccc2N1CCO.O=C1C(=Cc2oc3ccccc3[n+]2CCO)C(S)=C1C=C1Oc2ccccc2N1CCO.O=C1C(=Cc2oc3ccccc3[n+]2CCO)C(SC2CC2)=C1C=C1Oc2ccccc2N1CCO.OCCBr.[Br-].[Br-]. The van der Waals surface area contributed by atoms with Crippen LogP contribution in [0.3, 0.4) is 0 Å². The zero-order valence-corrected chi connectivity index (χ0v) is 79.8. The number of benzene rings is 8. The van der Waals surface area contributed by atoms with E-state index in [0.29, 0.717) is 140 Å². The molecule has 9 N–H and O–H groups in total. The van der Waals surface area contributed by atoms with Crippen molar-refractivity contribution in [3.8, 4) is 17.2 Å². The molecule has 0 atom stereocenters. The summed E-state index contributed by atoms with van der Waals surface area (Å²) in [7, 11) is 0. The molecule has 0 unspecified atom stereocenters. The summed E-state index contributed by atoms with van der Waals surface area (Å²) < 4.78 is 53.8. The number of rotatable bonds is 23. The maximum Gasteiger partial charge on any atom is 0.375 e. The number of ether oxygens (including phenoxy) is 3. The number of allylic oxidation sites excluding steroid dienone is 9. The predicted molar refractivity (Wildman–Crippen MR) is 501 cm³/mol. The summed E-state index contributed by atoms with van der Waals surface area (Å²) in [5.74, 6) is 5.49. The Kier molecular flexibility index (Phi) is 34.1. The molecule has 8 heterocycles. The van der Waals surface area contributed by atoms with Crippen LogP contribution in [0.15, 0.2) is 301 Å². The minimum absolute atomic E-state index is 0. The molecule has 0 bridgehead atoms. The number of carbonyl (C=O) groups excluding carboxylic acids is 3. The number of hydrogen-bond acceptors (Lipinski definition) is 26. The van der Waals surface area contributed by atoms with E-state index in [0.717, 1.165) is 90.2 Å². The highest BCUT2D eigenvalue weighted by atomic mass is 79.9. The molecule has 0 spiro atoms. The summed E-state index contributed by atoms with van der Waals surface area (Å²) in [6.45, 7) is 6.32. The Morgan fingerprint density at radius 2 is 0.758 bits per heavy atom. The average Bonchev–Trinajstić information content (AvgIpc) is 1.38. The molecule has 686 valence electrons. The van der Waals surface area contributed by atoms with Gasteiger partial charge in [0.25, 0.3) is 22.1 Å². The van der Waals surface area contributed by atoms with Crippen molar-refractivity contribution in [2.24, 2.45) is 0 Å². The van der Waals surface area contributed by atoms with Crippen LogP contribution in [0.2, 0.25) is 0 Å². The Hall–Kier alpha value is -11.3.